The van der Waals surface area contributed by atoms with Crippen molar-refractivity contribution >= 4 is 17.1 Å². The molecule has 0 aliphatic heterocycles. The summed E-state index contributed by atoms with van der Waals surface area (Å²) in [5.74, 6) is -0.165. The van der Waals surface area contributed by atoms with E-state index in [0.29, 0.717) is 22.6 Å². The number of aromatic amines is 1. The Bertz CT molecular complexity index is 711. The third-order valence-corrected chi connectivity index (χ3v) is 2.43. The van der Waals surface area contributed by atoms with Crippen molar-refractivity contribution in [3.63, 3.8) is 0 Å². The molecule has 0 amide bonds. The number of nitrogens with one attached hydrogen (secondary N) is 1. The number of H-pyrrole nitrogens is 1. The average molecular weight is 260 g/mol. The zero-order valence-electron chi connectivity index (χ0n) is 9.67. The van der Waals surface area contributed by atoms with E-state index >= 15 is 0 Å². The first-order valence-electron chi connectivity index (χ1n) is 5.42. The molecule has 3 aromatic rings. The predicted octanol–water partition coefficient (Wildman–Crippen LogP) is 1.05. The molecule has 19 heavy (non-hydrogen) atoms. The van der Waals surface area contributed by atoms with E-state index in [-0.39, 0.29) is 12.6 Å². The van der Waals surface area contributed by atoms with Gasteiger partial charge in [-0.1, -0.05) is 0 Å². The summed E-state index contributed by atoms with van der Waals surface area (Å²) in [7, 11) is 0. The van der Waals surface area contributed by atoms with Crippen LogP contribution in [0.3, 0.4) is 0 Å². The second-order valence-electron chi connectivity index (χ2n) is 3.77. The standard InChI is InChI=1S/C11H9FN6O/c12-7-2-1-6(3-14-7)4-19-10-8-9(16-5-15-8)17-11(13)18-10/h1-3,5H,4H2,(H3,13,15,16,17,18). The Morgan fingerprint density at radius 3 is 2.95 bits per heavy atom. The van der Waals surface area contributed by atoms with E-state index in [4.69, 9.17) is 10.5 Å². The number of nitrogens with two attached hydrogens (primary N) is 1. The van der Waals surface area contributed by atoms with Gasteiger partial charge in [-0.3, -0.25) is 0 Å². The van der Waals surface area contributed by atoms with Gasteiger partial charge in [0.2, 0.25) is 17.8 Å². The first-order valence-corrected chi connectivity index (χ1v) is 5.42. The number of halogens is 1. The number of nitrogen functional groups attached to an aromatic ring is 1. The SMILES string of the molecule is Nc1nc(OCc2ccc(F)nc2)c2[nH]cnc2n1. The summed E-state index contributed by atoms with van der Waals surface area (Å²) in [4.78, 5) is 18.3. The quantitative estimate of drug-likeness (QED) is 0.682. The van der Waals surface area contributed by atoms with Crippen LogP contribution in [0.5, 0.6) is 5.88 Å². The van der Waals surface area contributed by atoms with Crippen molar-refractivity contribution in [2.24, 2.45) is 0 Å². The van der Waals surface area contributed by atoms with Crippen LogP contribution in [-0.4, -0.2) is 24.9 Å². The summed E-state index contributed by atoms with van der Waals surface area (Å²) < 4.78 is 18.2. The fraction of sp³-hybridized carbons (Fsp3) is 0.0909. The Labute approximate surface area is 106 Å². The van der Waals surface area contributed by atoms with Crippen molar-refractivity contribution in [3.05, 3.63) is 36.2 Å². The summed E-state index contributed by atoms with van der Waals surface area (Å²) in [5.41, 5.74) is 7.26. The predicted molar refractivity (Wildman–Crippen MR) is 64.6 cm³/mol. The molecule has 0 bridgehead atoms. The van der Waals surface area contributed by atoms with E-state index in [1.807, 2.05) is 0 Å². The van der Waals surface area contributed by atoms with Gasteiger partial charge in [0.15, 0.2) is 5.65 Å². The van der Waals surface area contributed by atoms with Crippen LogP contribution in [-0.2, 0) is 6.61 Å². The Kier molecular flexibility index (Phi) is 2.67. The number of fused-ring (bicyclic) bond motifs is 1. The smallest absolute Gasteiger partial charge is 0.245 e. The van der Waals surface area contributed by atoms with Crippen LogP contribution in [0.1, 0.15) is 5.56 Å². The molecule has 3 heterocycles. The van der Waals surface area contributed by atoms with Crippen LogP contribution in [0.2, 0.25) is 0 Å². The lowest BCUT2D eigenvalue weighted by atomic mass is 10.3. The lowest BCUT2D eigenvalue weighted by Gasteiger charge is -2.06. The highest BCUT2D eigenvalue weighted by Gasteiger charge is 2.09. The van der Waals surface area contributed by atoms with E-state index in [2.05, 4.69) is 24.9 Å². The van der Waals surface area contributed by atoms with Crippen LogP contribution in [0, 0.1) is 5.95 Å². The van der Waals surface area contributed by atoms with E-state index in [1.54, 1.807) is 6.07 Å². The molecule has 0 fully saturated rings. The molecule has 0 spiro atoms. The molecule has 7 nitrogen and oxygen atoms in total. The molecule has 0 radical (unpaired) electrons. The topological polar surface area (TPSA) is 103 Å². The number of ether oxygens (including phenoxy) is 1. The first-order chi connectivity index (χ1) is 9.22. The Balaban J connectivity index is 1.85. The van der Waals surface area contributed by atoms with Crippen LogP contribution in [0.4, 0.5) is 10.3 Å². The van der Waals surface area contributed by atoms with Gasteiger partial charge in [0.1, 0.15) is 12.1 Å². The minimum Gasteiger partial charge on any atom is -0.471 e. The minimum atomic E-state index is -0.536. The van der Waals surface area contributed by atoms with Crippen molar-refractivity contribution in [2.45, 2.75) is 6.61 Å². The number of nitrogens with zero attached hydrogens (tertiary/aromatic N) is 4. The second kappa shape index (κ2) is 4.48. The number of imidazole rings is 1. The summed E-state index contributed by atoms with van der Waals surface area (Å²) in [6.07, 6.45) is 2.87. The molecule has 0 saturated carbocycles. The van der Waals surface area contributed by atoms with E-state index in [1.165, 1.54) is 18.6 Å². The summed E-state index contributed by atoms with van der Waals surface area (Å²) in [5, 5.41) is 0. The Morgan fingerprint density at radius 2 is 2.16 bits per heavy atom. The molecule has 3 rings (SSSR count). The van der Waals surface area contributed by atoms with Crippen molar-refractivity contribution in [1.82, 2.24) is 24.9 Å². The maximum absolute atomic E-state index is 12.7. The lowest BCUT2D eigenvalue weighted by molar-refractivity contribution is 0.297. The van der Waals surface area contributed by atoms with Gasteiger partial charge in [0.05, 0.1) is 6.33 Å². The fourth-order valence-corrected chi connectivity index (χ4v) is 1.57. The van der Waals surface area contributed by atoms with Gasteiger partial charge in [-0.2, -0.15) is 14.4 Å². The molecular weight excluding hydrogens is 251 g/mol. The molecule has 0 unspecified atom stereocenters. The fourth-order valence-electron chi connectivity index (χ4n) is 1.57. The zero-order valence-corrected chi connectivity index (χ0v) is 9.67. The highest BCUT2D eigenvalue weighted by molar-refractivity contribution is 5.76. The average Bonchev–Trinajstić information content (AvgIpc) is 2.85. The molecule has 3 N–H and O–H groups in total. The molecule has 8 heteroatoms. The molecule has 3 aromatic heterocycles. The maximum atomic E-state index is 12.7. The maximum Gasteiger partial charge on any atom is 0.245 e. The molecular formula is C11H9FN6O. The highest BCUT2D eigenvalue weighted by Crippen LogP contribution is 2.20. The minimum absolute atomic E-state index is 0.0758. The summed E-state index contributed by atoms with van der Waals surface area (Å²) >= 11 is 0. The molecule has 0 aromatic carbocycles. The van der Waals surface area contributed by atoms with Gasteiger partial charge >= 0.3 is 0 Å². The van der Waals surface area contributed by atoms with Gasteiger partial charge in [-0.05, 0) is 12.1 Å². The van der Waals surface area contributed by atoms with Crippen molar-refractivity contribution in [2.75, 3.05) is 5.73 Å². The Hall–Kier alpha value is -2.77. The lowest BCUT2D eigenvalue weighted by Crippen LogP contribution is -2.02. The van der Waals surface area contributed by atoms with E-state index in [9.17, 15) is 4.39 Å². The van der Waals surface area contributed by atoms with E-state index < -0.39 is 5.95 Å². The monoisotopic (exact) mass is 260 g/mol. The van der Waals surface area contributed by atoms with Crippen LogP contribution in [0.25, 0.3) is 11.2 Å². The molecule has 0 aliphatic rings. The van der Waals surface area contributed by atoms with Crippen LogP contribution >= 0.6 is 0 Å². The van der Waals surface area contributed by atoms with Gasteiger partial charge < -0.3 is 15.5 Å². The first kappa shape index (κ1) is 11.3. The van der Waals surface area contributed by atoms with Gasteiger partial charge in [-0.15, -0.1) is 0 Å². The summed E-state index contributed by atoms with van der Waals surface area (Å²) in [6.45, 7) is 0.192. The molecule has 0 atom stereocenters. The van der Waals surface area contributed by atoms with Crippen molar-refractivity contribution in [1.29, 1.82) is 0 Å². The summed E-state index contributed by atoms with van der Waals surface area (Å²) in [6, 6.07) is 2.84. The number of hydrogen-bond acceptors (Lipinski definition) is 6. The van der Waals surface area contributed by atoms with Crippen molar-refractivity contribution < 1.29 is 9.13 Å². The third-order valence-electron chi connectivity index (χ3n) is 2.43. The van der Waals surface area contributed by atoms with Crippen LogP contribution < -0.4 is 10.5 Å². The van der Waals surface area contributed by atoms with Gasteiger partial charge in [-0.25, -0.2) is 9.97 Å². The third kappa shape index (κ3) is 2.28. The second-order valence-corrected chi connectivity index (χ2v) is 3.77. The zero-order chi connectivity index (χ0) is 13.2. The molecule has 96 valence electrons. The number of aromatic nitrogens is 5. The van der Waals surface area contributed by atoms with Crippen molar-refractivity contribution in [3.8, 4) is 5.88 Å². The molecule has 0 aliphatic carbocycles. The van der Waals surface area contributed by atoms with E-state index in [0.717, 1.165) is 0 Å². The largest absolute Gasteiger partial charge is 0.471 e. The van der Waals surface area contributed by atoms with Crippen LogP contribution in [0.15, 0.2) is 24.7 Å². The molecule has 0 saturated heterocycles. The van der Waals surface area contributed by atoms with Gasteiger partial charge in [0, 0.05) is 11.8 Å². The number of anilines is 1. The normalized spacial score (nSPS) is 10.8. The Morgan fingerprint density at radius 1 is 1.26 bits per heavy atom. The van der Waals surface area contributed by atoms with Gasteiger partial charge in [0.25, 0.3) is 0 Å². The number of rotatable bonds is 3. The number of hydrogen-bond donors (Lipinski definition) is 2. The number of pyridine rings is 1. The highest BCUT2D eigenvalue weighted by atomic mass is 19.1.